The van der Waals surface area contributed by atoms with Gasteiger partial charge in [-0.05, 0) is 36.4 Å². The van der Waals surface area contributed by atoms with E-state index in [1.165, 1.54) is 32.4 Å². The van der Waals surface area contributed by atoms with Crippen LogP contribution in [0.1, 0.15) is 15.9 Å². The van der Waals surface area contributed by atoms with Crippen LogP contribution in [0.5, 0.6) is 17.2 Å². The molecule has 0 unspecified atom stereocenters. The summed E-state index contributed by atoms with van der Waals surface area (Å²) >= 11 is 6.10. The highest BCUT2D eigenvalue weighted by Crippen LogP contribution is 2.28. The Kier molecular flexibility index (Phi) is 5.07. The van der Waals surface area contributed by atoms with Gasteiger partial charge in [-0.3, -0.25) is 4.79 Å². The van der Waals surface area contributed by atoms with Crippen LogP contribution in [-0.2, 0) is 0 Å². The average Bonchev–Trinajstić information content (AvgIpc) is 2.52. The summed E-state index contributed by atoms with van der Waals surface area (Å²) in [5.41, 5.74) is 0.788. The summed E-state index contributed by atoms with van der Waals surface area (Å²) in [6.45, 7) is 0. The number of phenols is 1. The second-order valence-corrected chi connectivity index (χ2v) is 4.84. The van der Waals surface area contributed by atoms with Crippen molar-refractivity contribution in [3.8, 4) is 17.2 Å². The Morgan fingerprint density at radius 1 is 1.18 bits per heavy atom. The normalized spacial score (nSPS) is 10.7. The summed E-state index contributed by atoms with van der Waals surface area (Å²) in [6.07, 6.45) is 2.90. The van der Waals surface area contributed by atoms with Crippen LogP contribution in [0.15, 0.2) is 42.5 Å². The zero-order chi connectivity index (χ0) is 16.1. The Morgan fingerprint density at radius 2 is 1.95 bits per heavy atom. The molecule has 0 amide bonds. The number of rotatable bonds is 5. The molecule has 2 aromatic rings. The van der Waals surface area contributed by atoms with Gasteiger partial charge in [-0.25, -0.2) is 0 Å². The van der Waals surface area contributed by atoms with E-state index in [9.17, 15) is 9.90 Å². The highest BCUT2D eigenvalue weighted by molar-refractivity contribution is 6.32. The van der Waals surface area contributed by atoms with E-state index in [1.54, 1.807) is 30.3 Å². The second kappa shape index (κ2) is 7.00. The third-order valence-corrected chi connectivity index (χ3v) is 3.43. The highest BCUT2D eigenvalue weighted by Gasteiger charge is 2.10. The molecule has 0 radical (unpaired) electrons. The summed E-state index contributed by atoms with van der Waals surface area (Å²) in [7, 11) is 3.01. The number of halogens is 1. The molecule has 22 heavy (non-hydrogen) atoms. The van der Waals surface area contributed by atoms with Gasteiger partial charge in [0.25, 0.3) is 0 Å². The van der Waals surface area contributed by atoms with E-state index in [0.29, 0.717) is 22.1 Å². The van der Waals surface area contributed by atoms with Crippen molar-refractivity contribution in [2.75, 3.05) is 14.2 Å². The topological polar surface area (TPSA) is 55.8 Å². The summed E-state index contributed by atoms with van der Waals surface area (Å²) in [5.74, 6) is 0.559. The van der Waals surface area contributed by atoms with E-state index in [-0.39, 0.29) is 17.1 Å². The van der Waals surface area contributed by atoms with Gasteiger partial charge in [-0.1, -0.05) is 17.7 Å². The summed E-state index contributed by atoms with van der Waals surface area (Å²) in [5, 5.41) is 10.3. The van der Waals surface area contributed by atoms with Gasteiger partial charge in [-0.15, -0.1) is 0 Å². The zero-order valence-electron chi connectivity index (χ0n) is 12.2. The maximum Gasteiger partial charge on any atom is 0.189 e. The summed E-state index contributed by atoms with van der Waals surface area (Å²) in [4.78, 5) is 12.2. The first-order chi connectivity index (χ1) is 10.6. The molecule has 0 aliphatic carbocycles. The SMILES string of the molecule is COc1ccc(C(=O)/C=C/c2c(Cl)cccc2OC)c(O)c1. The van der Waals surface area contributed by atoms with Gasteiger partial charge < -0.3 is 14.6 Å². The first kappa shape index (κ1) is 15.9. The largest absolute Gasteiger partial charge is 0.507 e. The van der Waals surface area contributed by atoms with Crippen molar-refractivity contribution in [1.29, 1.82) is 0 Å². The minimum atomic E-state index is -0.345. The molecule has 0 atom stereocenters. The van der Waals surface area contributed by atoms with Crippen LogP contribution in [0, 0.1) is 0 Å². The van der Waals surface area contributed by atoms with Crippen molar-refractivity contribution in [3.63, 3.8) is 0 Å². The molecule has 5 heteroatoms. The Balaban J connectivity index is 2.29. The highest BCUT2D eigenvalue weighted by atomic mass is 35.5. The maximum absolute atomic E-state index is 12.2. The molecular formula is C17H15ClO4. The quantitative estimate of drug-likeness (QED) is 0.669. The van der Waals surface area contributed by atoms with Gasteiger partial charge >= 0.3 is 0 Å². The molecule has 2 aromatic carbocycles. The third-order valence-electron chi connectivity index (χ3n) is 3.10. The van der Waals surface area contributed by atoms with Crippen LogP contribution in [0.3, 0.4) is 0 Å². The standard InChI is InChI=1S/C17H15ClO4/c1-21-11-6-7-13(16(20)10-11)15(19)9-8-12-14(18)4-3-5-17(12)22-2/h3-10,20H,1-2H3/b9-8+. The predicted octanol–water partition coefficient (Wildman–Crippen LogP) is 3.96. The fraction of sp³-hybridized carbons (Fsp3) is 0.118. The number of aromatic hydroxyl groups is 1. The minimum Gasteiger partial charge on any atom is -0.507 e. The van der Waals surface area contributed by atoms with Crippen LogP contribution in [0.25, 0.3) is 6.08 Å². The Hall–Kier alpha value is -2.46. The molecule has 0 bridgehead atoms. The number of carbonyl (C=O) groups is 1. The van der Waals surface area contributed by atoms with Crippen molar-refractivity contribution in [1.82, 2.24) is 0 Å². The molecule has 4 nitrogen and oxygen atoms in total. The Morgan fingerprint density at radius 3 is 2.59 bits per heavy atom. The molecule has 2 rings (SSSR count). The molecule has 0 aliphatic rings. The van der Waals surface area contributed by atoms with Crippen LogP contribution >= 0.6 is 11.6 Å². The fourth-order valence-corrected chi connectivity index (χ4v) is 2.18. The van der Waals surface area contributed by atoms with E-state index >= 15 is 0 Å². The van der Waals surface area contributed by atoms with Crippen LogP contribution in [0.2, 0.25) is 5.02 Å². The van der Waals surface area contributed by atoms with Gasteiger partial charge in [0.1, 0.15) is 17.2 Å². The van der Waals surface area contributed by atoms with Gasteiger partial charge in [0.15, 0.2) is 5.78 Å². The summed E-state index contributed by atoms with van der Waals surface area (Å²) in [6, 6.07) is 9.72. The van der Waals surface area contributed by atoms with Gasteiger partial charge in [0.05, 0.1) is 24.8 Å². The number of ketones is 1. The van der Waals surface area contributed by atoms with Gasteiger partial charge in [-0.2, -0.15) is 0 Å². The maximum atomic E-state index is 12.2. The van der Waals surface area contributed by atoms with E-state index in [1.807, 2.05) is 0 Å². The second-order valence-electron chi connectivity index (χ2n) is 4.44. The molecule has 114 valence electrons. The third kappa shape index (κ3) is 3.40. The zero-order valence-corrected chi connectivity index (χ0v) is 12.9. The lowest BCUT2D eigenvalue weighted by Gasteiger charge is -2.06. The molecule has 0 saturated carbocycles. The summed E-state index contributed by atoms with van der Waals surface area (Å²) < 4.78 is 10.2. The number of phenolic OH excluding ortho intramolecular Hbond substituents is 1. The number of ether oxygens (including phenoxy) is 2. The lowest BCUT2D eigenvalue weighted by molar-refractivity contribution is 0.104. The van der Waals surface area contributed by atoms with E-state index in [0.717, 1.165) is 0 Å². The number of hydrogen-bond donors (Lipinski definition) is 1. The molecule has 0 fully saturated rings. The predicted molar refractivity (Wildman–Crippen MR) is 86.0 cm³/mol. The molecule has 1 N–H and O–H groups in total. The molecule has 0 heterocycles. The van der Waals surface area contributed by atoms with E-state index in [4.69, 9.17) is 21.1 Å². The van der Waals surface area contributed by atoms with Gasteiger partial charge in [0.2, 0.25) is 0 Å². The average molecular weight is 319 g/mol. The van der Waals surface area contributed by atoms with Crippen molar-refractivity contribution in [3.05, 3.63) is 58.6 Å². The first-order valence-electron chi connectivity index (χ1n) is 6.48. The monoisotopic (exact) mass is 318 g/mol. The number of benzene rings is 2. The lowest BCUT2D eigenvalue weighted by atomic mass is 10.1. The van der Waals surface area contributed by atoms with Crippen molar-refractivity contribution in [2.45, 2.75) is 0 Å². The number of allylic oxidation sites excluding steroid dienone is 1. The first-order valence-corrected chi connectivity index (χ1v) is 6.86. The fourth-order valence-electron chi connectivity index (χ4n) is 1.95. The molecule has 0 saturated heterocycles. The Bertz CT molecular complexity index is 723. The molecule has 0 aromatic heterocycles. The smallest absolute Gasteiger partial charge is 0.189 e. The van der Waals surface area contributed by atoms with E-state index in [2.05, 4.69) is 0 Å². The minimum absolute atomic E-state index is 0.139. The number of methoxy groups -OCH3 is 2. The van der Waals surface area contributed by atoms with Crippen LogP contribution in [-0.4, -0.2) is 25.1 Å². The molecular weight excluding hydrogens is 304 g/mol. The molecule has 0 aliphatic heterocycles. The van der Waals surface area contributed by atoms with Crippen molar-refractivity contribution < 1.29 is 19.4 Å². The van der Waals surface area contributed by atoms with Crippen molar-refractivity contribution >= 4 is 23.5 Å². The molecule has 0 spiro atoms. The Labute approximate surface area is 133 Å². The van der Waals surface area contributed by atoms with Crippen LogP contribution in [0.4, 0.5) is 0 Å². The lowest BCUT2D eigenvalue weighted by Crippen LogP contribution is -1.96. The van der Waals surface area contributed by atoms with Gasteiger partial charge in [0, 0.05) is 11.6 Å². The van der Waals surface area contributed by atoms with E-state index < -0.39 is 0 Å². The van der Waals surface area contributed by atoms with Crippen LogP contribution < -0.4 is 9.47 Å². The number of hydrogen-bond acceptors (Lipinski definition) is 4. The number of carbonyl (C=O) groups excluding carboxylic acids is 1. The van der Waals surface area contributed by atoms with Crippen molar-refractivity contribution in [2.24, 2.45) is 0 Å².